The fraction of sp³-hybridized carbons (Fsp3) is 0.176. The number of hydrogen-bond acceptors (Lipinski definition) is 2. The zero-order chi connectivity index (χ0) is 25.4. The van der Waals surface area contributed by atoms with E-state index in [0.29, 0.717) is 0 Å². The number of hydrogen-bond donors (Lipinski definition) is 0. The van der Waals surface area contributed by atoms with Crippen molar-refractivity contribution in [3.05, 3.63) is 103 Å². The van der Waals surface area contributed by atoms with Gasteiger partial charge in [0.25, 0.3) is 0 Å². The molecular formula is C34H29BO2. The first-order valence-electron chi connectivity index (χ1n) is 13.0. The van der Waals surface area contributed by atoms with Crippen molar-refractivity contribution >= 4 is 55.7 Å². The van der Waals surface area contributed by atoms with Crippen molar-refractivity contribution in [1.82, 2.24) is 0 Å². The lowest BCUT2D eigenvalue weighted by Crippen LogP contribution is -2.41. The Morgan fingerprint density at radius 2 is 0.973 bits per heavy atom. The van der Waals surface area contributed by atoms with Crippen molar-refractivity contribution in [2.45, 2.75) is 38.9 Å². The first-order valence-corrected chi connectivity index (χ1v) is 13.0. The van der Waals surface area contributed by atoms with Crippen molar-refractivity contribution in [1.29, 1.82) is 0 Å². The van der Waals surface area contributed by atoms with Gasteiger partial charge in [-0.1, -0.05) is 91.0 Å². The van der Waals surface area contributed by atoms with Crippen LogP contribution in [0.2, 0.25) is 0 Å². The minimum Gasteiger partial charge on any atom is -0.399 e. The summed E-state index contributed by atoms with van der Waals surface area (Å²) in [5.74, 6) is 0. The normalized spacial score (nSPS) is 16.8. The standard InChI is InChI=1S/C34H29BO2/c1-33(2)34(3,4)37-35(36-33)26-16-18-30-29-17-15-25(24-14-13-22-9-5-6-10-23(22)19-24)20-31(29)27-11-7-8-12-28(27)32(30)21-26/h5-21H,1-4H3. The fourth-order valence-corrected chi connectivity index (χ4v) is 5.65. The topological polar surface area (TPSA) is 18.5 Å². The van der Waals surface area contributed by atoms with E-state index in [9.17, 15) is 0 Å². The molecule has 0 bridgehead atoms. The van der Waals surface area contributed by atoms with Crippen molar-refractivity contribution in [3.63, 3.8) is 0 Å². The van der Waals surface area contributed by atoms with Gasteiger partial charge in [0.2, 0.25) is 0 Å². The van der Waals surface area contributed by atoms with Gasteiger partial charge in [0.05, 0.1) is 11.2 Å². The van der Waals surface area contributed by atoms with Crippen molar-refractivity contribution in [3.8, 4) is 11.1 Å². The second-order valence-electron chi connectivity index (χ2n) is 11.3. The molecule has 0 atom stereocenters. The van der Waals surface area contributed by atoms with Gasteiger partial charge in [0.15, 0.2) is 0 Å². The second kappa shape index (κ2) is 7.92. The molecule has 0 saturated carbocycles. The lowest BCUT2D eigenvalue weighted by molar-refractivity contribution is 0.00578. The molecule has 180 valence electrons. The van der Waals surface area contributed by atoms with Crippen molar-refractivity contribution in [2.75, 3.05) is 0 Å². The van der Waals surface area contributed by atoms with Gasteiger partial charge in [-0.25, -0.2) is 0 Å². The maximum atomic E-state index is 6.37. The van der Waals surface area contributed by atoms with Crippen LogP contribution in [0.4, 0.5) is 0 Å². The van der Waals surface area contributed by atoms with Gasteiger partial charge in [-0.3, -0.25) is 0 Å². The summed E-state index contributed by atoms with van der Waals surface area (Å²) < 4.78 is 12.7. The van der Waals surface area contributed by atoms with Crippen molar-refractivity contribution < 1.29 is 9.31 Å². The van der Waals surface area contributed by atoms with Gasteiger partial charge in [-0.2, -0.15) is 0 Å². The quantitative estimate of drug-likeness (QED) is 0.183. The van der Waals surface area contributed by atoms with Crippen LogP contribution in [0.1, 0.15) is 27.7 Å². The average molecular weight is 480 g/mol. The molecule has 0 aromatic heterocycles. The lowest BCUT2D eigenvalue weighted by Gasteiger charge is -2.32. The first kappa shape index (κ1) is 22.5. The Balaban J connectivity index is 1.42. The van der Waals surface area contributed by atoms with Crippen LogP contribution in [0.3, 0.4) is 0 Å². The Hall–Kier alpha value is -3.66. The molecule has 7 rings (SSSR count). The molecule has 37 heavy (non-hydrogen) atoms. The van der Waals surface area contributed by atoms with Crippen molar-refractivity contribution in [2.24, 2.45) is 0 Å². The number of benzene rings is 6. The van der Waals surface area contributed by atoms with Crippen LogP contribution < -0.4 is 5.46 Å². The summed E-state index contributed by atoms with van der Waals surface area (Å²) in [6.07, 6.45) is 0. The Kier molecular flexibility index (Phi) is 4.82. The smallest absolute Gasteiger partial charge is 0.399 e. The summed E-state index contributed by atoms with van der Waals surface area (Å²) >= 11 is 0. The minimum atomic E-state index is -0.376. The van der Waals surface area contributed by atoms with Gasteiger partial charge < -0.3 is 9.31 Å². The predicted molar refractivity (Wildman–Crippen MR) is 158 cm³/mol. The molecule has 0 radical (unpaired) electrons. The molecule has 1 heterocycles. The highest BCUT2D eigenvalue weighted by Gasteiger charge is 2.51. The van der Waals surface area contributed by atoms with E-state index >= 15 is 0 Å². The van der Waals surface area contributed by atoms with E-state index in [1.54, 1.807) is 0 Å². The van der Waals surface area contributed by atoms with E-state index < -0.39 is 0 Å². The van der Waals surface area contributed by atoms with E-state index in [4.69, 9.17) is 9.31 Å². The second-order valence-corrected chi connectivity index (χ2v) is 11.3. The summed E-state index contributed by atoms with van der Waals surface area (Å²) in [6, 6.07) is 37.5. The molecule has 1 fully saturated rings. The number of rotatable bonds is 2. The fourth-order valence-electron chi connectivity index (χ4n) is 5.65. The van der Waals surface area contributed by atoms with E-state index in [2.05, 4.69) is 131 Å². The van der Waals surface area contributed by atoms with Gasteiger partial charge in [-0.15, -0.1) is 0 Å². The summed E-state index contributed by atoms with van der Waals surface area (Å²) in [7, 11) is -0.376. The lowest BCUT2D eigenvalue weighted by atomic mass is 9.77. The third kappa shape index (κ3) is 3.49. The van der Waals surface area contributed by atoms with Crippen LogP contribution >= 0.6 is 0 Å². The Morgan fingerprint density at radius 3 is 1.68 bits per heavy atom. The molecule has 0 N–H and O–H groups in total. The highest BCUT2D eigenvalue weighted by molar-refractivity contribution is 6.62. The summed E-state index contributed by atoms with van der Waals surface area (Å²) in [4.78, 5) is 0. The zero-order valence-electron chi connectivity index (χ0n) is 21.7. The SMILES string of the molecule is CC1(C)OB(c2ccc3c4ccc(-c5ccc6ccccc6c5)cc4c4ccccc4c3c2)OC1(C)C. The van der Waals surface area contributed by atoms with Crippen LogP contribution in [0.15, 0.2) is 103 Å². The monoisotopic (exact) mass is 480 g/mol. The Bertz CT molecular complexity index is 1810. The molecule has 2 nitrogen and oxygen atoms in total. The minimum absolute atomic E-state index is 0.364. The van der Waals surface area contributed by atoms with Crippen LogP contribution in [0.25, 0.3) is 54.2 Å². The third-order valence-corrected chi connectivity index (χ3v) is 8.47. The van der Waals surface area contributed by atoms with Gasteiger partial charge in [0.1, 0.15) is 0 Å². The van der Waals surface area contributed by atoms with Crippen LogP contribution in [0, 0.1) is 0 Å². The van der Waals surface area contributed by atoms with E-state index in [0.717, 1.165) is 5.46 Å². The summed E-state index contributed by atoms with van der Waals surface area (Å²) in [6.45, 7) is 8.41. The molecule has 1 aliphatic heterocycles. The molecular weight excluding hydrogens is 451 g/mol. The highest BCUT2D eigenvalue weighted by Crippen LogP contribution is 2.39. The maximum Gasteiger partial charge on any atom is 0.494 e. The van der Waals surface area contributed by atoms with E-state index in [-0.39, 0.29) is 18.3 Å². The van der Waals surface area contributed by atoms with Gasteiger partial charge in [0, 0.05) is 0 Å². The van der Waals surface area contributed by atoms with E-state index in [1.807, 2.05) is 0 Å². The largest absolute Gasteiger partial charge is 0.494 e. The van der Waals surface area contributed by atoms with Crippen LogP contribution in [-0.2, 0) is 9.31 Å². The zero-order valence-corrected chi connectivity index (χ0v) is 21.7. The Labute approximate surface area is 218 Å². The highest BCUT2D eigenvalue weighted by atomic mass is 16.7. The Morgan fingerprint density at radius 1 is 0.459 bits per heavy atom. The first-order chi connectivity index (χ1) is 17.8. The molecule has 6 aromatic rings. The molecule has 0 amide bonds. The average Bonchev–Trinajstić information content (AvgIpc) is 3.14. The molecule has 0 unspecified atom stereocenters. The molecule has 0 spiro atoms. The van der Waals surface area contributed by atoms with Crippen LogP contribution in [-0.4, -0.2) is 18.3 Å². The predicted octanol–water partition coefficient (Wildman–Crippen LogP) is 8.27. The molecule has 1 saturated heterocycles. The summed E-state index contributed by atoms with van der Waals surface area (Å²) in [5.41, 5.74) is 2.80. The molecule has 0 aliphatic carbocycles. The molecule has 6 aromatic carbocycles. The maximum absolute atomic E-state index is 6.37. The summed E-state index contributed by atoms with van der Waals surface area (Å²) in [5, 5.41) is 10.1. The molecule has 3 heteroatoms. The number of fused-ring (bicyclic) bond motifs is 7. The third-order valence-electron chi connectivity index (χ3n) is 8.47. The van der Waals surface area contributed by atoms with Gasteiger partial charge >= 0.3 is 7.12 Å². The molecule has 1 aliphatic rings. The van der Waals surface area contributed by atoms with E-state index in [1.165, 1.54) is 54.2 Å². The van der Waals surface area contributed by atoms with Crippen LogP contribution in [0.5, 0.6) is 0 Å². The van der Waals surface area contributed by atoms with Gasteiger partial charge in [-0.05, 0) is 99.5 Å².